The molecule has 0 radical (unpaired) electrons. The van der Waals surface area contributed by atoms with Gasteiger partial charge in [-0.1, -0.05) is 29.8 Å². The van der Waals surface area contributed by atoms with E-state index in [1.807, 2.05) is 18.2 Å². The number of halogens is 1. The van der Waals surface area contributed by atoms with E-state index in [4.69, 9.17) is 11.6 Å². The molecule has 0 aliphatic carbocycles. The normalized spacial score (nSPS) is 10.8. The van der Waals surface area contributed by atoms with E-state index in [0.29, 0.717) is 13.1 Å². The predicted molar refractivity (Wildman–Crippen MR) is 77.2 cm³/mol. The van der Waals surface area contributed by atoms with E-state index in [1.54, 1.807) is 30.3 Å². The first kappa shape index (κ1) is 13.3. The molecule has 1 aromatic heterocycles. The van der Waals surface area contributed by atoms with Gasteiger partial charge in [0.1, 0.15) is 0 Å². The molecular weight excluding hydrogens is 268 g/mol. The van der Waals surface area contributed by atoms with Gasteiger partial charge in [-0.05, 0) is 6.07 Å². The van der Waals surface area contributed by atoms with Crippen LogP contribution in [0.1, 0.15) is 4.88 Å². The Bertz CT molecular complexity index is 565. The largest absolute Gasteiger partial charge is 0.348 e. The molecule has 2 aromatic rings. The van der Waals surface area contributed by atoms with E-state index >= 15 is 0 Å². The van der Waals surface area contributed by atoms with Crippen molar-refractivity contribution in [3.05, 3.63) is 34.2 Å². The van der Waals surface area contributed by atoms with Crippen molar-refractivity contribution in [3.8, 4) is 0 Å². The fraction of sp³-hybridized carbons (Fsp3) is 0.308. The van der Waals surface area contributed by atoms with Crippen LogP contribution >= 0.6 is 22.9 Å². The monoisotopic (exact) mass is 282 g/mol. The summed E-state index contributed by atoms with van der Waals surface area (Å²) in [5.74, 6) is 0.0623. The maximum absolute atomic E-state index is 11.4. The highest BCUT2D eigenvalue weighted by molar-refractivity contribution is 7.19. The third-order valence-corrected chi connectivity index (χ3v) is 4.38. The van der Waals surface area contributed by atoms with Gasteiger partial charge in [-0.15, -0.1) is 11.3 Å². The number of rotatable bonds is 4. The van der Waals surface area contributed by atoms with Gasteiger partial charge < -0.3 is 10.2 Å². The molecule has 5 heteroatoms. The number of amides is 1. The number of nitrogens with zero attached hydrogens (tertiary/aromatic N) is 1. The number of hydrogen-bond donors (Lipinski definition) is 1. The van der Waals surface area contributed by atoms with Crippen LogP contribution in [0.4, 0.5) is 0 Å². The van der Waals surface area contributed by atoms with Crippen LogP contribution in [0.25, 0.3) is 10.1 Å². The molecule has 18 heavy (non-hydrogen) atoms. The van der Waals surface area contributed by atoms with E-state index < -0.39 is 0 Å². The summed E-state index contributed by atoms with van der Waals surface area (Å²) in [6.07, 6.45) is 0. The van der Waals surface area contributed by atoms with Crippen LogP contribution in [0.5, 0.6) is 0 Å². The van der Waals surface area contributed by atoms with Gasteiger partial charge in [-0.3, -0.25) is 4.79 Å². The average Bonchev–Trinajstić information content (AvgIpc) is 2.67. The van der Waals surface area contributed by atoms with E-state index in [9.17, 15) is 4.79 Å². The van der Waals surface area contributed by atoms with Crippen molar-refractivity contribution in [2.75, 3.05) is 20.6 Å². The molecule has 0 atom stereocenters. The molecule has 1 amide bonds. The minimum atomic E-state index is 0.0623. The minimum Gasteiger partial charge on any atom is -0.348 e. The topological polar surface area (TPSA) is 32.3 Å². The van der Waals surface area contributed by atoms with Crippen LogP contribution in [0.3, 0.4) is 0 Å². The molecule has 96 valence electrons. The number of hydrogen-bond acceptors (Lipinski definition) is 3. The van der Waals surface area contributed by atoms with Gasteiger partial charge >= 0.3 is 0 Å². The van der Waals surface area contributed by atoms with Crippen molar-refractivity contribution in [1.29, 1.82) is 0 Å². The second-order valence-electron chi connectivity index (χ2n) is 4.23. The zero-order valence-electron chi connectivity index (χ0n) is 10.4. The second-order valence-corrected chi connectivity index (χ2v) is 5.74. The SMILES string of the molecule is CN(C)C(=O)CNCc1sc2ccccc2c1Cl. The molecule has 0 aliphatic heterocycles. The van der Waals surface area contributed by atoms with Crippen LogP contribution in [0, 0.1) is 0 Å². The maximum Gasteiger partial charge on any atom is 0.236 e. The molecule has 1 heterocycles. The lowest BCUT2D eigenvalue weighted by Crippen LogP contribution is -2.32. The summed E-state index contributed by atoms with van der Waals surface area (Å²) in [5.41, 5.74) is 0. The zero-order chi connectivity index (χ0) is 13.1. The van der Waals surface area contributed by atoms with Gasteiger partial charge in [0.25, 0.3) is 0 Å². The van der Waals surface area contributed by atoms with Crippen molar-refractivity contribution >= 4 is 38.9 Å². The van der Waals surface area contributed by atoms with Gasteiger partial charge in [-0.25, -0.2) is 0 Å². The molecule has 0 bridgehead atoms. The van der Waals surface area contributed by atoms with E-state index in [1.165, 1.54) is 4.70 Å². The first-order chi connectivity index (χ1) is 8.59. The molecule has 0 aliphatic rings. The molecular formula is C13H15ClN2OS. The van der Waals surface area contributed by atoms with Crippen LogP contribution < -0.4 is 5.32 Å². The van der Waals surface area contributed by atoms with E-state index in [-0.39, 0.29) is 5.91 Å². The van der Waals surface area contributed by atoms with Gasteiger partial charge in [0.15, 0.2) is 0 Å². The minimum absolute atomic E-state index is 0.0623. The average molecular weight is 283 g/mol. The lowest BCUT2D eigenvalue weighted by Gasteiger charge is -2.10. The lowest BCUT2D eigenvalue weighted by atomic mass is 10.2. The number of carbonyl (C=O) groups is 1. The van der Waals surface area contributed by atoms with Crippen molar-refractivity contribution in [3.63, 3.8) is 0 Å². The third kappa shape index (κ3) is 2.83. The number of thiophene rings is 1. The highest BCUT2D eigenvalue weighted by atomic mass is 35.5. The van der Waals surface area contributed by atoms with Crippen LogP contribution in [-0.2, 0) is 11.3 Å². The third-order valence-electron chi connectivity index (χ3n) is 2.66. The van der Waals surface area contributed by atoms with Crippen LogP contribution in [-0.4, -0.2) is 31.4 Å². The van der Waals surface area contributed by atoms with Crippen molar-refractivity contribution < 1.29 is 4.79 Å². The van der Waals surface area contributed by atoms with Crippen LogP contribution in [0.15, 0.2) is 24.3 Å². The highest BCUT2D eigenvalue weighted by Gasteiger charge is 2.10. The highest BCUT2D eigenvalue weighted by Crippen LogP contribution is 2.34. The summed E-state index contributed by atoms with van der Waals surface area (Å²) in [5, 5.41) is 4.99. The van der Waals surface area contributed by atoms with Crippen molar-refractivity contribution in [1.82, 2.24) is 10.2 Å². The number of carbonyl (C=O) groups excluding carboxylic acids is 1. The van der Waals surface area contributed by atoms with Crippen molar-refractivity contribution in [2.24, 2.45) is 0 Å². The molecule has 0 saturated heterocycles. The fourth-order valence-electron chi connectivity index (χ4n) is 1.62. The van der Waals surface area contributed by atoms with Gasteiger partial charge in [0.05, 0.1) is 11.6 Å². The molecule has 1 N–H and O–H groups in total. The second kappa shape index (κ2) is 5.69. The molecule has 0 unspecified atom stereocenters. The summed E-state index contributed by atoms with van der Waals surface area (Å²) in [7, 11) is 3.49. The Morgan fingerprint density at radius 2 is 2.11 bits per heavy atom. The number of fused-ring (bicyclic) bond motifs is 1. The first-order valence-corrected chi connectivity index (χ1v) is 6.86. The Morgan fingerprint density at radius 3 is 2.78 bits per heavy atom. The molecule has 2 rings (SSSR count). The maximum atomic E-state index is 11.4. The summed E-state index contributed by atoms with van der Waals surface area (Å²) in [6.45, 7) is 0.954. The summed E-state index contributed by atoms with van der Waals surface area (Å²) in [4.78, 5) is 14.1. The zero-order valence-corrected chi connectivity index (χ0v) is 11.9. The Hall–Kier alpha value is -1.10. The van der Waals surface area contributed by atoms with Gasteiger partial charge in [0, 0.05) is 35.6 Å². The Balaban J connectivity index is 2.04. The Morgan fingerprint density at radius 1 is 1.39 bits per heavy atom. The Kier molecular flexibility index (Phi) is 4.22. The Labute approximate surface area is 115 Å². The summed E-state index contributed by atoms with van der Waals surface area (Å²) in [6, 6.07) is 8.05. The summed E-state index contributed by atoms with van der Waals surface area (Å²) >= 11 is 7.97. The number of likely N-dealkylation sites (N-methyl/N-ethyl adjacent to an activating group) is 1. The van der Waals surface area contributed by atoms with Crippen LogP contribution in [0.2, 0.25) is 5.02 Å². The quantitative estimate of drug-likeness (QED) is 0.935. The molecule has 0 spiro atoms. The van der Waals surface area contributed by atoms with Gasteiger partial charge in [-0.2, -0.15) is 0 Å². The smallest absolute Gasteiger partial charge is 0.236 e. The van der Waals surface area contributed by atoms with Crippen molar-refractivity contribution in [2.45, 2.75) is 6.54 Å². The number of nitrogens with one attached hydrogen (secondary N) is 1. The number of benzene rings is 1. The fourth-order valence-corrected chi connectivity index (χ4v) is 3.09. The summed E-state index contributed by atoms with van der Waals surface area (Å²) < 4.78 is 1.18. The molecule has 3 nitrogen and oxygen atoms in total. The molecule has 0 saturated carbocycles. The lowest BCUT2D eigenvalue weighted by molar-refractivity contribution is -0.127. The van der Waals surface area contributed by atoms with E-state index in [0.717, 1.165) is 15.3 Å². The molecule has 1 aromatic carbocycles. The standard InChI is InChI=1S/C13H15ClN2OS/c1-16(2)12(17)8-15-7-11-13(14)9-5-3-4-6-10(9)18-11/h3-6,15H,7-8H2,1-2H3. The molecule has 0 fully saturated rings. The predicted octanol–water partition coefficient (Wildman–Crippen LogP) is 2.73. The van der Waals surface area contributed by atoms with E-state index in [2.05, 4.69) is 11.4 Å². The van der Waals surface area contributed by atoms with Gasteiger partial charge in [0.2, 0.25) is 5.91 Å². The first-order valence-electron chi connectivity index (χ1n) is 5.66.